The molecular formula is C27H37N3O8S. The molecule has 4 amide bonds. The third-order valence-corrected chi connectivity index (χ3v) is 7.45. The zero-order valence-electron chi connectivity index (χ0n) is 22.8. The van der Waals surface area contributed by atoms with Gasteiger partial charge in [0.1, 0.15) is 23.0 Å². The summed E-state index contributed by atoms with van der Waals surface area (Å²) in [7, 11) is 0. The molecule has 0 aliphatic carbocycles. The average molecular weight is 564 g/mol. The first-order chi connectivity index (χ1) is 18.2. The summed E-state index contributed by atoms with van der Waals surface area (Å²) in [5.41, 5.74) is 0.771. The van der Waals surface area contributed by atoms with Gasteiger partial charge in [0.05, 0.1) is 0 Å². The van der Waals surface area contributed by atoms with Crippen LogP contribution in [0.1, 0.15) is 41.5 Å². The van der Waals surface area contributed by atoms with E-state index in [4.69, 9.17) is 4.74 Å². The van der Waals surface area contributed by atoms with Gasteiger partial charge in [0.15, 0.2) is 6.10 Å². The van der Waals surface area contributed by atoms with Gasteiger partial charge in [-0.15, -0.1) is 11.3 Å². The second-order valence-electron chi connectivity index (χ2n) is 10.1. The van der Waals surface area contributed by atoms with Crippen molar-refractivity contribution in [1.29, 1.82) is 0 Å². The molecule has 6 atom stereocenters. The SMILES string of the molecule is CC(C)[C@H](C)C(=O)NC(=O)[C@H](O)[C@H](O)[C@@H](O)[C@@H](Oc1ccc(-c2nccs2)cc1)C(=O)NC(=O)[C@@H](C)C(C)C. The fraction of sp³-hybridized carbons (Fsp3) is 0.519. The molecule has 0 fully saturated rings. The van der Waals surface area contributed by atoms with Crippen molar-refractivity contribution in [3.8, 4) is 16.3 Å². The molecule has 0 radical (unpaired) electrons. The number of thiazole rings is 1. The highest BCUT2D eigenvalue weighted by Gasteiger charge is 2.41. The zero-order valence-corrected chi connectivity index (χ0v) is 23.6. The second-order valence-corrected chi connectivity index (χ2v) is 11.0. The Balaban J connectivity index is 2.25. The topological polar surface area (TPSA) is 175 Å². The molecule has 11 nitrogen and oxygen atoms in total. The van der Waals surface area contributed by atoms with Gasteiger partial charge in [0.2, 0.25) is 17.9 Å². The highest BCUT2D eigenvalue weighted by molar-refractivity contribution is 7.13. The predicted octanol–water partition coefficient (Wildman–Crippen LogP) is 1.51. The maximum atomic E-state index is 13.0. The molecule has 0 aliphatic rings. The first-order valence-electron chi connectivity index (χ1n) is 12.6. The Morgan fingerprint density at radius 3 is 1.74 bits per heavy atom. The van der Waals surface area contributed by atoms with Gasteiger partial charge in [-0.25, -0.2) is 4.98 Å². The Morgan fingerprint density at radius 2 is 1.28 bits per heavy atom. The molecule has 0 spiro atoms. The van der Waals surface area contributed by atoms with Crippen molar-refractivity contribution in [3.63, 3.8) is 0 Å². The van der Waals surface area contributed by atoms with Gasteiger partial charge in [-0.1, -0.05) is 41.5 Å². The van der Waals surface area contributed by atoms with Crippen molar-refractivity contribution in [2.75, 3.05) is 0 Å². The van der Waals surface area contributed by atoms with E-state index in [-0.39, 0.29) is 17.6 Å². The fourth-order valence-corrected chi connectivity index (χ4v) is 3.85. The molecule has 0 saturated carbocycles. The van der Waals surface area contributed by atoms with Crippen molar-refractivity contribution in [2.24, 2.45) is 23.7 Å². The highest BCUT2D eigenvalue weighted by atomic mass is 32.1. The third-order valence-electron chi connectivity index (χ3n) is 6.63. The maximum Gasteiger partial charge on any atom is 0.270 e. The van der Waals surface area contributed by atoms with Crippen LogP contribution < -0.4 is 15.4 Å². The van der Waals surface area contributed by atoms with Gasteiger partial charge in [-0.2, -0.15) is 0 Å². The molecule has 2 aromatic rings. The number of nitrogens with zero attached hydrogens (tertiary/aromatic N) is 1. The van der Waals surface area contributed by atoms with Crippen LogP contribution in [0.2, 0.25) is 0 Å². The minimum Gasteiger partial charge on any atom is -0.478 e. The van der Waals surface area contributed by atoms with E-state index in [1.807, 2.05) is 10.7 Å². The smallest absolute Gasteiger partial charge is 0.270 e. The van der Waals surface area contributed by atoms with Gasteiger partial charge in [0, 0.05) is 29.0 Å². The number of amides is 4. The van der Waals surface area contributed by atoms with E-state index < -0.39 is 59.9 Å². The fourth-order valence-electron chi connectivity index (χ4n) is 3.21. The van der Waals surface area contributed by atoms with Crippen LogP contribution in [0.15, 0.2) is 35.8 Å². The van der Waals surface area contributed by atoms with Crippen LogP contribution >= 0.6 is 11.3 Å². The lowest BCUT2D eigenvalue weighted by Crippen LogP contribution is -2.58. The van der Waals surface area contributed by atoms with Crippen molar-refractivity contribution in [3.05, 3.63) is 35.8 Å². The number of nitrogens with one attached hydrogen (secondary N) is 2. The molecule has 0 bridgehead atoms. The number of aromatic nitrogens is 1. The summed E-state index contributed by atoms with van der Waals surface area (Å²) in [6.07, 6.45) is -6.93. The van der Waals surface area contributed by atoms with Gasteiger partial charge >= 0.3 is 0 Å². The second kappa shape index (κ2) is 14.3. The van der Waals surface area contributed by atoms with Crippen LogP contribution in [0.4, 0.5) is 0 Å². The molecule has 12 heteroatoms. The molecule has 0 unspecified atom stereocenters. The quantitative estimate of drug-likeness (QED) is 0.256. The molecule has 214 valence electrons. The standard InChI is InChI=1S/C27H37N3O8S/c1-13(2)15(5)23(34)29-25(36)21(33)19(31)20(32)22(26(37)30-24(35)16(6)14(3)4)38-18-9-7-17(8-10-18)27-28-11-12-39-27/h7-16,19-22,31-33H,1-6H3,(H,29,34,36)(H,30,35,37)/t15-,16-,19+,20+,21+,22+/m0/s1. The molecule has 1 aromatic heterocycles. The van der Waals surface area contributed by atoms with Crippen LogP contribution in [-0.2, 0) is 19.2 Å². The average Bonchev–Trinajstić information content (AvgIpc) is 3.44. The van der Waals surface area contributed by atoms with E-state index >= 15 is 0 Å². The van der Waals surface area contributed by atoms with E-state index in [1.165, 1.54) is 23.5 Å². The van der Waals surface area contributed by atoms with E-state index in [2.05, 4.69) is 10.3 Å². The Kier molecular flexibility index (Phi) is 11.7. The first-order valence-corrected chi connectivity index (χ1v) is 13.5. The molecule has 39 heavy (non-hydrogen) atoms. The van der Waals surface area contributed by atoms with Crippen LogP contribution in [-0.4, -0.2) is 68.3 Å². The summed E-state index contributed by atoms with van der Waals surface area (Å²) in [5.74, 6) is -4.85. The number of carbonyl (C=O) groups is 4. The summed E-state index contributed by atoms with van der Waals surface area (Å²) < 4.78 is 5.65. The monoisotopic (exact) mass is 563 g/mol. The Labute approximate surface area is 231 Å². The molecule has 2 rings (SSSR count). The third kappa shape index (κ3) is 8.65. The minimum absolute atomic E-state index is 0.0950. The maximum absolute atomic E-state index is 13.0. The summed E-state index contributed by atoms with van der Waals surface area (Å²) >= 11 is 1.42. The molecule has 0 saturated heterocycles. The minimum atomic E-state index is -2.28. The summed E-state index contributed by atoms with van der Waals surface area (Å²) in [6.45, 7) is 10.3. The highest BCUT2D eigenvalue weighted by Crippen LogP contribution is 2.25. The molecule has 0 aliphatic heterocycles. The lowest BCUT2D eigenvalue weighted by atomic mass is 9.96. The van der Waals surface area contributed by atoms with Crippen molar-refractivity contribution >= 4 is 35.0 Å². The van der Waals surface area contributed by atoms with Crippen LogP contribution in [0.25, 0.3) is 10.6 Å². The Morgan fingerprint density at radius 1 is 0.769 bits per heavy atom. The van der Waals surface area contributed by atoms with Crippen molar-refractivity contribution < 1.29 is 39.2 Å². The van der Waals surface area contributed by atoms with Crippen molar-refractivity contribution in [1.82, 2.24) is 15.6 Å². The van der Waals surface area contributed by atoms with Gasteiger partial charge in [-0.05, 0) is 36.1 Å². The number of benzene rings is 1. The van der Waals surface area contributed by atoms with Crippen LogP contribution in [0.5, 0.6) is 5.75 Å². The molecule has 5 N–H and O–H groups in total. The number of imide groups is 2. The first kappa shape index (κ1) is 32.0. The van der Waals surface area contributed by atoms with E-state index in [1.54, 1.807) is 59.9 Å². The largest absolute Gasteiger partial charge is 0.478 e. The van der Waals surface area contributed by atoms with E-state index in [0.29, 0.717) is 0 Å². The summed E-state index contributed by atoms with van der Waals surface area (Å²) in [4.78, 5) is 54.4. The van der Waals surface area contributed by atoms with Gasteiger partial charge in [0.25, 0.3) is 11.8 Å². The normalized spacial score (nSPS) is 16.1. The molecular weight excluding hydrogens is 526 g/mol. The van der Waals surface area contributed by atoms with Crippen LogP contribution in [0, 0.1) is 23.7 Å². The van der Waals surface area contributed by atoms with E-state index in [9.17, 15) is 34.5 Å². The lowest BCUT2D eigenvalue weighted by Gasteiger charge is -2.29. The Hall–Kier alpha value is -3.19. The number of rotatable bonds is 12. The van der Waals surface area contributed by atoms with Crippen LogP contribution in [0.3, 0.4) is 0 Å². The van der Waals surface area contributed by atoms with Crippen molar-refractivity contribution in [2.45, 2.75) is 66.0 Å². The summed E-state index contributed by atoms with van der Waals surface area (Å²) in [6, 6.07) is 6.34. The van der Waals surface area contributed by atoms with Gasteiger partial charge < -0.3 is 20.1 Å². The van der Waals surface area contributed by atoms with E-state index in [0.717, 1.165) is 10.6 Å². The predicted molar refractivity (Wildman–Crippen MR) is 144 cm³/mol. The number of ether oxygens (including phenoxy) is 1. The number of hydrogen-bond donors (Lipinski definition) is 5. The zero-order chi connectivity index (χ0) is 29.4. The number of carbonyl (C=O) groups excluding carboxylic acids is 4. The number of hydrogen-bond acceptors (Lipinski definition) is 10. The molecule has 1 heterocycles. The Bertz CT molecular complexity index is 1120. The van der Waals surface area contributed by atoms with Gasteiger partial charge in [-0.3, -0.25) is 29.8 Å². The number of aliphatic hydroxyl groups is 3. The molecule has 1 aromatic carbocycles. The number of aliphatic hydroxyl groups excluding tert-OH is 3. The lowest BCUT2D eigenvalue weighted by molar-refractivity contribution is -0.156. The summed E-state index contributed by atoms with van der Waals surface area (Å²) in [5, 5.41) is 38.5.